The lowest BCUT2D eigenvalue weighted by molar-refractivity contribution is -0.384. The number of nitro benzene ring substituents is 1. The second-order valence-corrected chi connectivity index (χ2v) is 7.38. The van der Waals surface area contributed by atoms with Crippen LogP contribution in [0.4, 0.5) is 23.1 Å². The van der Waals surface area contributed by atoms with Gasteiger partial charge in [0.15, 0.2) is 0 Å². The summed E-state index contributed by atoms with van der Waals surface area (Å²) in [5, 5.41) is 17.2. The SMILES string of the molecule is CCCc1cc(N2CC[C@H](NC(C)=O)C2)nc(Nc2ccc(Cl)c([N+](=O)[O-])c2)n1. The fourth-order valence-electron chi connectivity index (χ4n) is 3.32. The van der Waals surface area contributed by atoms with E-state index in [1.165, 1.54) is 19.1 Å². The molecule has 9 nitrogen and oxygen atoms in total. The molecular weight excluding hydrogens is 396 g/mol. The number of amides is 1. The third kappa shape index (κ3) is 5.32. The van der Waals surface area contributed by atoms with Gasteiger partial charge in [-0.15, -0.1) is 0 Å². The van der Waals surface area contributed by atoms with Gasteiger partial charge in [-0.2, -0.15) is 4.98 Å². The number of anilines is 3. The predicted molar refractivity (Wildman–Crippen MR) is 112 cm³/mol. The number of nitro groups is 1. The minimum atomic E-state index is -0.528. The normalized spacial score (nSPS) is 16.0. The summed E-state index contributed by atoms with van der Waals surface area (Å²) in [5.74, 6) is 1.09. The van der Waals surface area contributed by atoms with Crippen molar-refractivity contribution in [2.75, 3.05) is 23.3 Å². The van der Waals surface area contributed by atoms with E-state index in [4.69, 9.17) is 11.6 Å². The molecule has 1 aliphatic heterocycles. The predicted octanol–water partition coefficient (Wildman–Crippen LogP) is 3.45. The zero-order valence-corrected chi connectivity index (χ0v) is 17.1. The topological polar surface area (TPSA) is 113 Å². The van der Waals surface area contributed by atoms with Crippen molar-refractivity contribution >= 4 is 40.6 Å². The fourth-order valence-corrected chi connectivity index (χ4v) is 3.50. The van der Waals surface area contributed by atoms with E-state index in [1.54, 1.807) is 6.07 Å². The number of carbonyl (C=O) groups is 1. The number of halogens is 1. The van der Waals surface area contributed by atoms with E-state index < -0.39 is 4.92 Å². The molecule has 1 aromatic carbocycles. The quantitative estimate of drug-likeness (QED) is 0.522. The summed E-state index contributed by atoms with van der Waals surface area (Å²) < 4.78 is 0. The van der Waals surface area contributed by atoms with E-state index in [1.807, 2.05) is 6.07 Å². The Morgan fingerprint density at radius 2 is 2.17 bits per heavy atom. The Hall–Kier alpha value is -2.94. The van der Waals surface area contributed by atoms with Gasteiger partial charge in [0.1, 0.15) is 10.8 Å². The molecule has 1 atom stereocenters. The van der Waals surface area contributed by atoms with Crippen molar-refractivity contribution in [3.8, 4) is 0 Å². The molecule has 0 radical (unpaired) electrons. The molecule has 2 N–H and O–H groups in total. The van der Waals surface area contributed by atoms with E-state index in [9.17, 15) is 14.9 Å². The first-order valence-electron chi connectivity index (χ1n) is 9.46. The Morgan fingerprint density at radius 1 is 1.38 bits per heavy atom. The Bertz CT molecular complexity index is 923. The summed E-state index contributed by atoms with van der Waals surface area (Å²) in [6, 6.07) is 6.52. The molecule has 0 bridgehead atoms. The van der Waals surface area contributed by atoms with Crippen LogP contribution in [0, 0.1) is 10.1 Å². The van der Waals surface area contributed by atoms with Crippen LogP contribution in [0.25, 0.3) is 0 Å². The van der Waals surface area contributed by atoms with Crippen molar-refractivity contribution in [3.63, 3.8) is 0 Å². The third-order valence-electron chi connectivity index (χ3n) is 4.59. The van der Waals surface area contributed by atoms with E-state index in [0.717, 1.165) is 37.3 Å². The number of carbonyl (C=O) groups excluding carboxylic acids is 1. The van der Waals surface area contributed by atoms with Crippen molar-refractivity contribution in [1.29, 1.82) is 0 Å². The van der Waals surface area contributed by atoms with Gasteiger partial charge in [0.2, 0.25) is 11.9 Å². The van der Waals surface area contributed by atoms with Crippen LogP contribution in [-0.2, 0) is 11.2 Å². The average molecular weight is 419 g/mol. The van der Waals surface area contributed by atoms with Crippen LogP contribution in [0.2, 0.25) is 5.02 Å². The van der Waals surface area contributed by atoms with Gasteiger partial charge in [-0.1, -0.05) is 24.9 Å². The summed E-state index contributed by atoms with van der Waals surface area (Å²) >= 11 is 5.88. The number of aromatic nitrogens is 2. The minimum absolute atomic E-state index is 0.0436. The highest BCUT2D eigenvalue weighted by molar-refractivity contribution is 6.32. The second kappa shape index (κ2) is 9.04. The molecule has 29 heavy (non-hydrogen) atoms. The highest BCUT2D eigenvalue weighted by Crippen LogP contribution is 2.29. The van der Waals surface area contributed by atoms with Crippen molar-refractivity contribution in [1.82, 2.24) is 15.3 Å². The smallest absolute Gasteiger partial charge is 0.289 e. The van der Waals surface area contributed by atoms with E-state index >= 15 is 0 Å². The Labute approximate surface area is 173 Å². The molecule has 0 spiro atoms. The first kappa shape index (κ1) is 20.8. The highest BCUT2D eigenvalue weighted by Gasteiger charge is 2.25. The lowest BCUT2D eigenvalue weighted by atomic mass is 10.2. The first-order chi connectivity index (χ1) is 13.9. The van der Waals surface area contributed by atoms with Crippen LogP contribution >= 0.6 is 11.6 Å². The monoisotopic (exact) mass is 418 g/mol. The minimum Gasteiger partial charge on any atom is -0.354 e. The maximum Gasteiger partial charge on any atom is 0.289 e. The van der Waals surface area contributed by atoms with Crippen LogP contribution in [-0.4, -0.2) is 39.9 Å². The largest absolute Gasteiger partial charge is 0.354 e. The average Bonchev–Trinajstić information content (AvgIpc) is 3.11. The van der Waals surface area contributed by atoms with Crippen molar-refractivity contribution < 1.29 is 9.72 Å². The van der Waals surface area contributed by atoms with Gasteiger partial charge in [-0.3, -0.25) is 14.9 Å². The highest BCUT2D eigenvalue weighted by atomic mass is 35.5. The molecule has 2 aromatic rings. The molecule has 0 aliphatic carbocycles. The Kier molecular flexibility index (Phi) is 6.48. The molecule has 3 rings (SSSR count). The van der Waals surface area contributed by atoms with Crippen LogP contribution < -0.4 is 15.5 Å². The lowest BCUT2D eigenvalue weighted by Gasteiger charge is -2.19. The molecular formula is C19H23ClN6O3. The maximum absolute atomic E-state index is 11.3. The van der Waals surface area contributed by atoms with E-state index in [0.29, 0.717) is 18.2 Å². The molecule has 2 heterocycles. The van der Waals surface area contributed by atoms with Crippen molar-refractivity contribution in [3.05, 3.63) is 45.1 Å². The van der Waals surface area contributed by atoms with Crippen LogP contribution in [0.1, 0.15) is 32.4 Å². The fraction of sp³-hybridized carbons (Fsp3) is 0.421. The number of rotatable bonds is 7. The molecule has 1 amide bonds. The van der Waals surface area contributed by atoms with Crippen LogP contribution in [0.5, 0.6) is 0 Å². The van der Waals surface area contributed by atoms with Crippen molar-refractivity contribution in [2.45, 2.75) is 39.2 Å². The maximum atomic E-state index is 11.3. The molecule has 0 saturated carbocycles. The van der Waals surface area contributed by atoms with Gasteiger partial charge >= 0.3 is 0 Å². The number of hydrogen-bond acceptors (Lipinski definition) is 7. The first-order valence-corrected chi connectivity index (χ1v) is 9.84. The number of benzene rings is 1. The van der Waals surface area contributed by atoms with Crippen LogP contribution in [0.15, 0.2) is 24.3 Å². The van der Waals surface area contributed by atoms with E-state index in [2.05, 4.69) is 32.4 Å². The summed E-state index contributed by atoms with van der Waals surface area (Å²) in [4.78, 5) is 33.1. The molecule has 0 unspecified atom stereocenters. The molecule has 1 aromatic heterocycles. The lowest BCUT2D eigenvalue weighted by Crippen LogP contribution is -2.35. The van der Waals surface area contributed by atoms with Crippen LogP contribution in [0.3, 0.4) is 0 Å². The molecule has 1 fully saturated rings. The standard InChI is InChI=1S/C19H23ClN6O3/c1-3-4-13-10-18(25-8-7-15(11-25)21-12(2)27)24-19(22-13)23-14-5-6-16(20)17(9-14)26(28)29/h5-6,9-10,15H,3-4,7-8,11H2,1-2H3,(H,21,27)(H,22,23,24)/t15-/m0/s1. The molecule has 154 valence electrons. The van der Waals surface area contributed by atoms with Gasteiger partial charge in [0.25, 0.3) is 5.69 Å². The molecule has 10 heteroatoms. The van der Waals surface area contributed by atoms with Crippen molar-refractivity contribution in [2.24, 2.45) is 0 Å². The van der Waals surface area contributed by atoms with Gasteiger partial charge in [-0.05, 0) is 25.0 Å². The molecule has 1 aliphatic rings. The zero-order chi connectivity index (χ0) is 21.0. The third-order valence-corrected chi connectivity index (χ3v) is 4.91. The number of aryl methyl sites for hydroxylation is 1. The summed E-state index contributed by atoms with van der Waals surface area (Å²) in [6.07, 6.45) is 2.56. The number of hydrogen-bond donors (Lipinski definition) is 2. The van der Waals surface area contributed by atoms with Gasteiger partial charge in [0.05, 0.1) is 4.92 Å². The number of nitrogens with one attached hydrogen (secondary N) is 2. The van der Waals surface area contributed by atoms with Gasteiger partial charge in [-0.25, -0.2) is 4.98 Å². The zero-order valence-electron chi connectivity index (χ0n) is 16.3. The van der Waals surface area contributed by atoms with Gasteiger partial charge < -0.3 is 15.5 Å². The molecule has 1 saturated heterocycles. The second-order valence-electron chi connectivity index (χ2n) is 6.97. The van der Waals surface area contributed by atoms with E-state index in [-0.39, 0.29) is 22.7 Å². The summed E-state index contributed by atoms with van der Waals surface area (Å²) in [6.45, 7) is 5.04. The summed E-state index contributed by atoms with van der Waals surface area (Å²) in [7, 11) is 0. The number of nitrogens with zero attached hydrogens (tertiary/aromatic N) is 4. The van der Waals surface area contributed by atoms with Gasteiger partial charge in [0, 0.05) is 49.6 Å². The Morgan fingerprint density at radius 3 is 2.86 bits per heavy atom. The Balaban J connectivity index is 1.85. The summed E-state index contributed by atoms with van der Waals surface area (Å²) in [5.41, 5.74) is 1.18.